The van der Waals surface area contributed by atoms with E-state index in [1.165, 1.54) is 20.8 Å². The molecule has 20 heavy (non-hydrogen) atoms. The van der Waals surface area contributed by atoms with Crippen LogP contribution >= 0.6 is 0 Å². The summed E-state index contributed by atoms with van der Waals surface area (Å²) in [5.41, 5.74) is 1.13. The molecule has 0 aliphatic rings. The zero-order valence-corrected chi connectivity index (χ0v) is 11.5. The van der Waals surface area contributed by atoms with Crippen molar-refractivity contribution < 1.29 is 19.5 Å². The Labute approximate surface area is 116 Å². The first-order valence-corrected chi connectivity index (χ1v) is 5.91. The van der Waals surface area contributed by atoms with Gasteiger partial charge in [0.05, 0.1) is 0 Å². The Morgan fingerprint density at radius 1 is 0.950 bits per heavy atom. The molecule has 0 aromatic heterocycles. The molecule has 6 nitrogen and oxygen atoms in total. The Balaban J connectivity index is 2.89. The van der Waals surface area contributed by atoms with Crippen molar-refractivity contribution in [1.82, 2.24) is 0 Å². The molecule has 0 spiro atoms. The van der Waals surface area contributed by atoms with Gasteiger partial charge in [-0.15, -0.1) is 0 Å². The average Bonchev–Trinajstić information content (AvgIpc) is 2.36. The van der Waals surface area contributed by atoms with Gasteiger partial charge in [-0.05, 0) is 32.0 Å². The van der Waals surface area contributed by atoms with Gasteiger partial charge in [-0.2, -0.15) is 0 Å². The monoisotopic (exact) mass is 276 g/mol. The van der Waals surface area contributed by atoms with Crippen LogP contribution in [-0.2, 0) is 14.4 Å². The summed E-state index contributed by atoms with van der Waals surface area (Å²) >= 11 is 0. The number of nitrogens with one attached hydrogen (secondary N) is 2. The van der Waals surface area contributed by atoms with Gasteiger partial charge in [0.2, 0.25) is 5.91 Å². The van der Waals surface area contributed by atoms with Crippen LogP contribution < -0.4 is 10.6 Å². The SMILES string of the molecule is CC(=O)Nc1cccc(NC(=O)C(C)=C(C)C(=O)O)c1. The summed E-state index contributed by atoms with van der Waals surface area (Å²) in [6, 6.07) is 6.58. The predicted molar refractivity (Wildman–Crippen MR) is 75.4 cm³/mol. The standard InChI is InChI=1S/C14H16N2O4/c1-8(9(2)14(19)20)13(18)16-12-6-4-5-11(7-12)15-10(3)17/h4-7H,1-3H3,(H,15,17)(H,16,18)(H,19,20). The van der Waals surface area contributed by atoms with Crippen LogP contribution in [0.4, 0.5) is 11.4 Å². The normalized spacial score (nSPS) is 11.3. The van der Waals surface area contributed by atoms with Crippen molar-refractivity contribution in [2.75, 3.05) is 10.6 Å². The molecule has 0 heterocycles. The number of carbonyl (C=O) groups excluding carboxylic acids is 2. The summed E-state index contributed by atoms with van der Waals surface area (Å²) in [5.74, 6) is -1.85. The molecular weight excluding hydrogens is 260 g/mol. The molecule has 0 unspecified atom stereocenters. The van der Waals surface area contributed by atoms with Crippen LogP contribution in [-0.4, -0.2) is 22.9 Å². The number of carboxylic acid groups (broad SMARTS) is 1. The van der Waals surface area contributed by atoms with E-state index in [-0.39, 0.29) is 17.1 Å². The number of amides is 2. The van der Waals surface area contributed by atoms with E-state index >= 15 is 0 Å². The average molecular weight is 276 g/mol. The van der Waals surface area contributed by atoms with Crippen molar-refractivity contribution in [1.29, 1.82) is 0 Å². The molecule has 0 atom stereocenters. The molecule has 1 aromatic rings. The quantitative estimate of drug-likeness (QED) is 0.733. The minimum Gasteiger partial charge on any atom is -0.478 e. The van der Waals surface area contributed by atoms with Crippen molar-refractivity contribution in [3.63, 3.8) is 0 Å². The van der Waals surface area contributed by atoms with Crippen LogP contribution in [0.25, 0.3) is 0 Å². The molecular formula is C14H16N2O4. The zero-order valence-electron chi connectivity index (χ0n) is 11.5. The van der Waals surface area contributed by atoms with E-state index in [0.717, 1.165) is 0 Å². The van der Waals surface area contributed by atoms with E-state index in [1.807, 2.05) is 0 Å². The topological polar surface area (TPSA) is 95.5 Å². The Morgan fingerprint density at radius 3 is 2.00 bits per heavy atom. The summed E-state index contributed by atoms with van der Waals surface area (Å²) in [6.07, 6.45) is 0. The summed E-state index contributed by atoms with van der Waals surface area (Å²) in [5, 5.41) is 14.0. The highest BCUT2D eigenvalue weighted by Gasteiger charge is 2.12. The fourth-order valence-electron chi connectivity index (χ4n) is 1.43. The Bertz CT molecular complexity index is 591. The largest absolute Gasteiger partial charge is 0.478 e. The van der Waals surface area contributed by atoms with Gasteiger partial charge in [0.15, 0.2) is 0 Å². The maximum absolute atomic E-state index is 11.9. The summed E-state index contributed by atoms with van der Waals surface area (Å²) in [7, 11) is 0. The predicted octanol–water partition coefficient (Wildman–Crippen LogP) is 2.00. The van der Waals surface area contributed by atoms with E-state index in [9.17, 15) is 14.4 Å². The fourth-order valence-corrected chi connectivity index (χ4v) is 1.43. The number of carbonyl (C=O) groups is 3. The van der Waals surface area contributed by atoms with Crippen molar-refractivity contribution in [3.05, 3.63) is 35.4 Å². The molecule has 0 bridgehead atoms. The molecule has 0 saturated heterocycles. The van der Waals surface area contributed by atoms with Gasteiger partial charge in [-0.3, -0.25) is 9.59 Å². The molecule has 106 valence electrons. The smallest absolute Gasteiger partial charge is 0.331 e. The van der Waals surface area contributed by atoms with E-state index in [4.69, 9.17) is 5.11 Å². The minimum atomic E-state index is -1.13. The van der Waals surface area contributed by atoms with Gasteiger partial charge in [0.25, 0.3) is 5.91 Å². The third kappa shape index (κ3) is 4.24. The number of anilines is 2. The van der Waals surface area contributed by atoms with Crippen molar-refractivity contribution >= 4 is 29.2 Å². The number of hydrogen-bond acceptors (Lipinski definition) is 3. The molecule has 2 amide bonds. The van der Waals surface area contributed by atoms with Gasteiger partial charge in [0, 0.05) is 29.4 Å². The van der Waals surface area contributed by atoms with Gasteiger partial charge in [0.1, 0.15) is 0 Å². The summed E-state index contributed by atoms with van der Waals surface area (Å²) in [4.78, 5) is 33.6. The molecule has 0 aliphatic heterocycles. The maximum Gasteiger partial charge on any atom is 0.331 e. The maximum atomic E-state index is 11.9. The van der Waals surface area contributed by atoms with Crippen LogP contribution in [0.3, 0.4) is 0 Å². The minimum absolute atomic E-state index is 0.0134. The Hall–Kier alpha value is -2.63. The van der Waals surface area contributed by atoms with Crippen LogP contribution in [0.2, 0.25) is 0 Å². The van der Waals surface area contributed by atoms with E-state index < -0.39 is 11.9 Å². The second kappa shape index (κ2) is 6.51. The molecule has 0 aliphatic carbocycles. The van der Waals surface area contributed by atoms with E-state index in [1.54, 1.807) is 24.3 Å². The zero-order chi connectivity index (χ0) is 15.3. The number of aliphatic carboxylic acids is 1. The molecule has 0 radical (unpaired) electrons. The van der Waals surface area contributed by atoms with Crippen molar-refractivity contribution in [2.24, 2.45) is 0 Å². The second-order valence-corrected chi connectivity index (χ2v) is 4.27. The lowest BCUT2D eigenvalue weighted by Crippen LogP contribution is -2.16. The van der Waals surface area contributed by atoms with E-state index in [0.29, 0.717) is 11.4 Å². The first-order valence-electron chi connectivity index (χ1n) is 5.91. The highest BCUT2D eigenvalue weighted by molar-refractivity contribution is 6.08. The first kappa shape index (κ1) is 15.4. The second-order valence-electron chi connectivity index (χ2n) is 4.27. The third-order valence-electron chi connectivity index (χ3n) is 2.66. The van der Waals surface area contributed by atoms with Crippen molar-refractivity contribution in [3.8, 4) is 0 Å². The van der Waals surface area contributed by atoms with Crippen molar-refractivity contribution in [2.45, 2.75) is 20.8 Å². The van der Waals surface area contributed by atoms with Crippen LogP contribution in [0, 0.1) is 0 Å². The van der Waals surface area contributed by atoms with E-state index in [2.05, 4.69) is 10.6 Å². The Kier molecular flexibility index (Phi) is 5.02. The summed E-state index contributed by atoms with van der Waals surface area (Å²) < 4.78 is 0. The fraction of sp³-hybridized carbons (Fsp3) is 0.214. The lowest BCUT2D eigenvalue weighted by Gasteiger charge is -2.09. The lowest BCUT2D eigenvalue weighted by molar-refractivity contribution is -0.133. The highest BCUT2D eigenvalue weighted by atomic mass is 16.4. The molecule has 0 fully saturated rings. The molecule has 1 aromatic carbocycles. The molecule has 3 N–H and O–H groups in total. The third-order valence-corrected chi connectivity index (χ3v) is 2.66. The number of carboxylic acids is 1. The molecule has 0 saturated carbocycles. The molecule has 6 heteroatoms. The first-order chi connectivity index (χ1) is 9.31. The van der Waals surface area contributed by atoms with Crippen LogP contribution in [0.1, 0.15) is 20.8 Å². The lowest BCUT2D eigenvalue weighted by atomic mass is 10.1. The number of benzene rings is 1. The number of hydrogen-bond donors (Lipinski definition) is 3. The van der Waals surface area contributed by atoms with Gasteiger partial charge in [-0.25, -0.2) is 4.79 Å². The highest BCUT2D eigenvalue weighted by Crippen LogP contribution is 2.16. The summed E-state index contributed by atoms with van der Waals surface area (Å²) in [6.45, 7) is 4.19. The van der Waals surface area contributed by atoms with Crippen LogP contribution in [0.15, 0.2) is 35.4 Å². The Morgan fingerprint density at radius 2 is 1.50 bits per heavy atom. The van der Waals surface area contributed by atoms with Crippen LogP contribution in [0.5, 0.6) is 0 Å². The molecule has 1 rings (SSSR count). The van der Waals surface area contributed by atoms with Gasteiger partial charge in [-0.1, -0.05) is 6.07 Å². The van der Waals surface area contributed by atoms with Gasteiger partial charge >= 0.3 is 5.97 Å². The van der Waals surface area contributed by atoms with Gasteiger partial charge < -0.3 is 15.7 Å². The number of rotatable bonds is 4.